The molecule has 1 atom stereocenters. The van der Waals surface area contributed by atoms with Gasteiger partial charge in [0, 0.05) is 58.7 Å². The highest BCUT2D eigenvalue weighted by Crippen LogP contribution is 2.28. The number of hydrogen-bond acceptors (Lipinski definition) is 7. The van der Waals surface area contributed by atoms with Crippen molar-refractivity contribution in [2.24, 2.45) is 0 Å². The number of halogens is 3. The number of anilines is 1. The Balaban J connectivity index is 0.968. The Morgan fingerprint density at radius 3 is 2.76 bits per heavy atom. The zero-order valence-corrected chi connectivity index (χ0v) is 28.5. The number of aromatic amines is 1. The maximum atomic E-state index is 14.7. The van der Waals surface area contributed by atoms with E-state index in [-0.39, 0.29) is 23.8 Å². The molecule has 6 aromatic rings. The number of H-pyrrole nitrogens is 1. The van der Waals surface area contributed by atoms with Crippen LogP contribution in [0.15, 0.2) is 72.8 Å². The van der Waals surface area contributed by atoms with E-state index < -0.39 is 17.5 Å². The topological polar surface area (TPSA) is 110 Å². The van der Waals surface area contributed by atoms with Crippen molar-refractivity contribution in [2.45, 2.75) is 45.6 Å². The van der Waals surface area contributed by atoms with E-state index in [1.165, 1.54) is 12.1 Å². The Kier molecular flexibility index (Phi) is 8.97. The number of aryl methyl sites for hydroxylation is 1. The largest absolute Gasteiger partial charge is 0.473 e. The summed E-state index contributed by atoms with van der Waals surface area (Å²) in [5.41, 5.74) is 5.73. The molecule has 2 aliphatic rings. The average molecular weight is 710 g/mol. The lowest BCUT2D eigenvalue weighted by Crippen LogP contribution is -2.33. The quantitative estimate of drug-likeness (QED) is 0.152. The van der Waals surface area contributed by atoms with E-state index in [4.69, 9.17) is 26.1 Å². The maximum Gasteiger partial charge on any atom is 0.255 e. The molecule has 5 heterocycles. The van der Waals surface area contributed by atoms with E-state index in [2.05, 4.69) is 36.0 Å². The second kappa shape index (κ2) is 13.9. The van der Waals surface area contributed by atoms with Crippen molar-refractivity contribution in [1.29, 1.82) is 0 Å². The van der Waals surface area contributed by atoms with Crippen LogP contribution in [0.3, 0.4) is 0 Å². The van der Waals surface area contributed by atoms with Crippen LogP contribution in [0.25, 0.3) is 27.5 Å². The van der Waals surface area contributed by atoms with E-state index in [1.54, 1.807) is 31.2 Å². The molecule has 2 N–H and O–H groups in total. The van der Waals surface area contributed by atoms with Crippen LogP contribution in [0, 0.1) is 18.6 Å². The number of imidazole rings is 1. The number of aromatic nitrogens is 5. The molecule has 0 bridgehead atoms. The molecule has 1 unspecified atom stereocenters. The Morgan fingerprint density at radius 1 is 1.10 bits per heavy atom. The van der Waals surface area contributed by atoms with Crippen molar-refractivity contribution in [3.63, 3.8) is 0 Å². The first-order chi connectivity index (χ1) is 24.8. The third-order valence-corrected chi connectivity index (χ3v) is 9.67. The summed E-state index contributed by atoms with van der Waals surface area (Å²) in [5, 5.41) is 10.6. The number of carbonyl (C=O) groups excluding carboxylic acids is 1. The summed E-state index contributed by atoms with van der Waals surface area (Å²) in [4.78, 5) is 25.2. The molecule has 1 amide bonds. The molecule has 0 radical (unpaired) electrons. The predicted octanol–water partition coefficient (Wildman–Crippen LogP) is 7.46. The van der Waals surface area contributed by atoms with Crippen LogP contribution >= 0.6 is 11.6 Å². The minimum atomic E-state index is -0.555. The van der Waals surface area contributed by atoms with Gasteiger partial charge >= 0.3 is 0 Å². The molecule has 13 heteroatoms. The maximum absolute atomic E-state index is 14.7. The highest BCUT2D eigenvalue weighted by atomic mass is 35.5. The monoisotopic (exact) mass is 709 g/mol. The molecular formula is C38H34ClF2N7O3. The fourth-order valence-electron chi connectivity index (χ4n) is 6.50. The van der Waals surface area contributed by atoms with Crippen LogP contribution in [-0.2, 0) is 24.4 Å². The number of benzene rings is 3. The number of hydrogen-bond donors (Lipinski definition) is 2. The van der Waals surface area contributed by atoms with Gasteiger partial charge in [-0.25, -0.2) is 18.7 Å². The number of rotatable bonds is 10. The van der Waals surface area contributed by atoms with Gasteiger partial charge < -0.3 is 19.4 Å². The van der Waals surface area contributed by atoms with Crippen LogP contribution < -0.4 is 10.1 Å². The number of nitrogens with one attached hydrogen (secondary N) is 2. The molecule has 0 spiro atoms. The number of nitrogens with zero attached hydrogens (tertiary/aromatic N) is 5. The summed E-state index contributed by atoms with van der Waals surface area (Å²) < 4.78 is 42.7. The van der Waals surface area contributed by atoms with E-state index in [9.17, 15) is 13.6 Å². The molecule has 10 nitrogen and oxygen atoms in total. The molecular weight excluding hydrogens is 676 g/mol. The van der Waals surface area contributed by atoms with Crippen molar-refractivity contribution in [1.82, 2.24) is 29.6 Å². The van der Waals surface area contributed by atoms with Crippen molar-refractivity contribution < 1.29 is 23.0 Å². The van der Waals surface area contributed by atoms with Gasteiger partial charge in [0.2, 0.25) is 5.88 Å². The molecule has 260 valence electrons. The number of amides is 1. The van der Waals surface area contributed by atoms with Crippen molar-refractivity contribution in [3.8, 4) is 5.88 Å². The van der Waals surface area contributed by atoms with Gasteiger partial charge in [-0.2, -0.15) is 5.10 Å². The molecule has 0 aliphatic carbocycles. The Morgan fingerprint density at radius 2 is 1.98 bits per heavy atom. The van der Waals surface area contributed by atoms with Crippen LogP contribution in [-0.4, -0.2) is 61.3 Å². The van der Waals surface area contributed by atoms with Crippen LogP contribution in [0.2, 0.25) is 5.02 Å². The van der Waals surface area contributed by atoms with Crippen LogP contribution in [0.5, 0.6) is 5.88 Å². The van der Waals surface area contributed by atoms with Gasteiger partial charge in [-0.1, -0.05) is 29.8 Å². The highest BCUT2D eigenvalue weighted by molar-refractivity contribution is 6.30. The minimum Gasteiger partial charge on any atom is -0.473 e. The van der Waals surface area contributed by atoms with Crippen LogP contribution in [0.1, 0.15) is 46.0 Å². The summed E-state index contributed by atoms with van der Waals surface area (Å²) in [7, 11) is 0. The van der Waals surface area contributed by atoms with E-state index in [1.807, 2.05) is 30.3 Å². The van der Waals surface area contributed by atoms with Gasteiger partial charge in [-0.3, -0.25) is 14.8 Å². The smallest absolute Gasteiger partial charge is 0.255 e. The SMILES string of the molecule is Cc1[nH]nc2c(F)cc(C(=O)Nc3ccc4c(c3)nc(CN3CC=C(c5cccc(OCc6ccc(Cl)cc6F)n5)CC3)n4CC3CCO3)cc12. The van der Waals surface area contributed by atoms with E-state index in [0.29, 0.717) is 52.9 Å². The summed E-state index contributed by atoms with van der Waals surface area (Å²) in [6.07, 6.45) is 4.08. The number of pyridine rings is 1. The fourth-order valence-corrected chi connectivity index (χ4v) is 6.66. The third-order valence-electron chi connectivity index (χ3n) is 9.43. The average Bonchev–Trinajstić information content (AvgIpc) is 3.65. The van der Waals surface area contributed by atoms with Gasteiger partial charge in [0.25, 0.3) is 5.91 Å². The fraction of sp³-hybridized carbons (Fsp3) is 0.263. The van der Waals surface area contributed by atoms with Gasteiger partial charge in [-0.15, -0.1) is 0 Å². The van der Waals surface area contributed by atoms with Gasteiger partial charge in [0.05, 0.1) is 35.9 Å². The molecule has 1 saturated heterocycles. The standard InChI is InChI=1S/C38H34ClF2N7O3/c1-22-29-15-25(16-31(41)37(29)46-45-22)38(49)42-27-7-8-34-33(18-27)43-35(48(34)19-28-11-14-50-28)20-47-12-9-23(10-13-47)32-3-2-4-36(44-32)51-21-24-5-6-26(39)17-30(24)40/h2-9,15-18,28H,10-14,19-21H2,1H3,(H,42,49)(H,45,46). The Hall–Kier alpha value is -5.17. The Bertz CT molecular complexity index is 2320. The summed E-state index contributed by atoms with van der Waals surface area (Å²) in [6.45, 7) is 5.41. The van der Waals surface area contributed by atoms with Crippen molar-refractivity contribution >= 4 is 50.7 Å². The molecule has 2 aliphatic heterocycles. The van der Waals surface area contributed by atoms with E-state index >= 15 is 0 Å². The highest BCUT2D eigenvalue weighted by Gasteiger charge is 2.24. The molecule has 3 aromatic carbocycles. The number of fused-ring (bicyclic) bond motifs is 2. The van der Waals surface area contributed by atoms with Gasteiger partial charge in [0.1, 0.15) is 23.8 Å². The lowest BCUT2D eigenvalue weighted by atomic mass is 10.0. The van der Waals surface area contributed by atoms with Crippen molar-refractivity contribution in [2.75, 3.05) is 25.0 Å². The van der Waals surface area contributed by atoms with Crippen molar-refractivity contribution in [3.05, 3.63) is 118 Å². The summed E-state index contributed by atoms with van der Waals surface area (Å²) in [6, 6.07) is 18.6. The summed E-state index contributed by atoms with van der Waals surface area (Å²) in [5.74, 6) is -0.0557. The first kappa shape index (κ1) is 33.0. The normalized spacial score (nSPS) is 16.3. The predicted molar refractivity (Wildman–Crippen MR) is 191 cm³/mol. The van der Waals surface area contributed by atoms with Gasteiger partial charge in [0.15, 0.2) is 5.82 Å². The van der Waals surface area contributed by atoms with Crippen LogP contribution in [0.4, 0.5) is 14.5 Å². The first-order valence-corrected chi connectivity index (χ1v) is 17.2. The molecule has 3 aromatic heterocycles. The zero-order chi connectivity index (χ0) is 35.1. The number of ether oxygens (including phenoxy) is 2. The molecule has 1 fully saturated rings. The van der Waals surface area contributed by atoms with E-state index in [0.717, 1.165) is 54.1 Å². The third kappa shape index (κ3) is 6.94. The lowest BCUT2D eigenvalue weighted by molar-refractivity contribution is -0.0591. The zero-order valence-electron chi connectivity index (χ0n) is 27.8. The minimum absolute atomic E-state index is 0.0506. The Labute approximate surface area is 297 Å². The molecule has 0 saturated carbocycles. The lowest BCUT2D eigenvalue weighted by Gasteiger charge is -2.29. The summed E-state index contributed by atoms with van der Waals surface area (Å²) >= 11 is 5.87. The van der Waals surface area contributed by atoms with Gasteiger partial charge in [-0.05, 0) is 73.9 Å². The second-order valence-corrected chi connectivity index (χ2v) is 13.3. The second-order valence-electron chi connectivity index (χ2n) is 12.9. The first-order valence-electron chi connectivity index (χ1n) is 16.8. The number of carbonyl (C=O) groups is 1. The molecule has 51 heavy (non-hydrogen) atoms. The molecule has 8 rings (SSSR count).